The topological polar surface area (TPSA) is 41.5 Å². The summed E-state index contributed by atoms with van der Waals surface area (Å²) in [6.45, 7) is 7.42. The monoisotopic (exact) mass is 223 g/mol. The van der Waals surface area contributed by atoms with Crippen molar-refractivity contribution >= 4 is 0 Å². The zero-order valence-corrected chi connectivity index (χ0v) is 10.1. The average molecular weight is 223 g/mol. The maximum Gasteiger partial charge on any atom is 0.115 e. The van der Waals surface area contributed by atoms with Crippen molar-refractivity contribution in [3.8, 4) is 5.75 Å². The molecule has 0 aliphatic heterocycles. The first-order chi connectivity index (χ1) is 7.68. The Balaban J connectivity index is 2.07. The molecule has 0 atom stereocenters. The Labute approximate surface area is 97.4 Å². The van der Waals surface area contributed by atoms with Crippen LogP contribution in [0.4, 0.5) is 0 Å². The smallest absolute Gasteiger partial charge is 0.115 e. The molecule has 0 aliphatic carbocycles. The fourth-order valence-electron chi connectivity index (χ4n) is 1.36. The van der Waals surface area contributed by atoms with Gasteiger partial charge >= 0.3 is 0 Å². The molecule has 3 nitrogen and oxygen atoms in total. The van der Waals surface area contributed by atoms with Gasteiger partial charge in [-0.1, -0.05) is 26.0 Å². The molecule has 0 saturated heterocycles. The minimum atomic E-state index is 0.315. The van der Waals surface area contributed by atoms with Crippen LogP contribution in [0.3, 0.4) is 0 Å². The molecule has 0 heterocycles. The number of phenols is 1. The number of phenolic OH excluding ortho intramolecular Hbond substituents is 1. The van der Waals surface area contributed by atoms with Crippen molar-refractivity contribution in [2.24, 2.45) is 5.92 Å². The maximum absolute atomic E-state index is 9.26. The summed E-state index contributed by atoms with van der Waals surface area (Å²) in [6.07, 6.45) is 0. The lowest BCUT2D eigenvalue weighted by Crippen LogP contribution is -2.20. The predicted octanol–water partition coefficient (Wildman–Crippen LogP) is 2.15. The van der Waals surface area contributed by atoms with Gasteiger partial charge in [-0.3, -0.25) is 0 Å². The van der Waals surface area contributed by atoms with E-state index in [1.807, 2.05) is 12.1 Å². The van der Waals surface area contributed by atoms with Crippen LogP contribution in [0, 0.1) is 5.92 Å². The molecular formula is C13H21NO2. The average Bonchev–Trinajstić information content (AvgIpc) is 2.23. The van der Waals surface area contributed by atoms with Crippen LogP contribution in [0.25, 0.3) is 0 Å². The second-order valence-electron chi connectivity index (χ2n) is 4.32. The van der Waals surface area contributed by atoms with E-state index in [1.54, 1.807) is 12.1 Å². The van der Waals surface area contributed by atoms with E-state index in [4.69, 9.17) is 4.74 Å². The normalized spacial score (nSPS) is 10.9. The fraction of sp³-hybridized carbons (Fsp3) is 0.538. The van der Waals surface area contributed by atoms with Gasteiger partial charge in [-0.15, -0.1) is 0 Å². The van der Waals surface area contributed by atoms with Crippen LogP contribution < -0.4 is 5.32 Å². The van der Waals surface area contributed by atoms with Gasteiger partial charge in [-0.2, -0.15) is 0 Å². The first-order valence-electron chi connectivity index (χ1n) is 5.75. The Morgan fingerprint density at radius 3 is 2.88 bits per heavy atom. The third kappa shape index (κ3) is 5.73. The molecule has 0 fully saturated rings. The van der Waals surface area contributed by atoms with Gasteiger partial charge in [-0.05, 0) is 23.6 Å². The van der Waals surface area contributed by atoms with E-state index in [0.717, 1.165) is 31.9 Å². The number of ether oxygens (including phenoxy) is 1. The molecule has 0 unspecified atom stereocenters. The Bertz CT molecular complexity index is 300. The van der Waals surface area contributed by atoms with Crippen molar-refractivity contribution < 1.29 is 9.84 Å². The molecule has 90 valence electrons. The summed E-state index contributed by atoms with van der Waals surface area (Å²) in [7, 11) is 0. The van der Waals surface area contributed by atoms with E-state index in [-0.39, 0.29) is 0 Å². The van der Waals surface area contributed by atoms with Gasteiger partial charge in [0, 0.05) is 19.7 Å². The molecule has 1 aromatic rings. The minimum Gasteiger partial charge on any atom is -0.508 e. The van der Waals surface area contributed by atoms with Gasteiger partial charge in [0.25, 0.3) is 0 Å². The van der Waals surface area contributed by atoms with Crippen LogP contribution in [-0.2, 0) is 11.3 Å². The van der Waals surface area contributed by atoms with Crippen molar-refractivity contribution in [2.45, 2.75) is 20.4 Å². The summed E-state index contributed by atoms with van der Waals surface area (Å²) < 4.78 is 5.44. The summed E-state index contributed by atoms with van der Waals surface area (Å²) in [6, 6.07) is 7.28. The van der Waals surface area contributed by atoms with Crippen molar-refractivity contribution in [2.75, 3.05) is 19.8 Å². The molecule has 1 aromatic carbocycles. The standard InChI is InChI=1S/C13H21NO2/c1-11(2)10-16-7-6-14-9-12-4-3-5-13(15)8-12/h3-5,8,11,14-15H,6-7,9-10H2,1-2H3. The van der Waals surface area contributed by atoms with E-state index in [1.165, 1.54) is 0 Å². The van der Waals surface area contributed by atoms with Gasteiger partial charge in [0.1, 0.15) is 5.75 Å². The van der Waals surface area contributed by atoms with Gasteiger partial charge in [0.2, 0.25) is 0 Å². The van der Waals surface area contributed by atoms with Crippen LogP contribution in [0.2, 0.25) is 0 Å². The Kier molecular flexibility index (Phi) is 5.90. The quantitative estimate of drug-likeness (QED) is 0.696. The molecule has 0 saturated carbocycles. The van der Waals surface area contributed by atoms with Gasteiger partial charge in [-0.25, -0.2) is 0 Å². The molecule has 0 amide bonds. The van der Waals surface area contributed by atoms with Crippen molar-refractivity contribution in [1.82, 2.24) is 5.32 Å². The zero-order chi connectivity index (χ0) is 11.8. The predicted molar refractivity (Wildman–Crippen MR) is 65.5 cm³/mol. The lowest BCUT2D eigenvalue weighted by Gasteiger charge is -2.08. The maximum atomic E-state index is 9.26. The van der Waals surface area contributed by atoms with Crippen LogP contribution in [-0.4, -0.2) is 24.9 Å². The molecule has 1 rings (SSSR count). The molecule has 16 heavy (non-hydrogen) atoms. The van der Waals surface area contributed by atoms with Crippen LogP contribution in [0.5, 0.6) is 5.75 Å². The number of hydrogen-bond donors (Lipinski definition) is 2. The van der Waals surface area contributed by atoms with E-state index >= 15 is 0 Å². The lowest BCUT2D eigenvalue weighted by atomic mass is 10.2. The zero-order valence-electron chi connectivity index (χ0n) is 10.1. The van der Waals surface area contributed by atoms with E-state index in [9.17, 15) is 5.11 Å². The molecule has 0 spiro atoms. The highest BCUT2D eigenvalue weighted by atomic mass is 16.5. The van der Waals surface area contributed by atoms with Gasteiger partial charge in [0.15, 0.2) is 0 Å². The Morgan fingerprint density at radius 2 is 2.19 bits per heavy atom. The van der Waals surface area contributed by atoms with E-state index in [2.05, 4.69) is 19.2 Å². The molecule has 2 N–H and O–H groups in total. The SMILES string of the molecule is CC(C)COCCNCc1cccc(O)c1. The van der Waals surface area contributed by atoms with E-state index in [0.29, 0.717) is 11.7 Å². The van der Waals surface area contributed by atoms with Crippen molar-refractivity contribution in [3.05, 3.63) is 29.8 Å². The van der Waals surface area contributed by atoms with Crippen LogP contribution >= 0.6 is 0 Å². The summed E-state index contributed by atoms with van der Waals surface area (Å²) in [5, 5.41) is 12.5. The summed E-state index contributed by atoms with van der Waals surface area (Å²) in [5.41, 5.74) is 1.09. The third-order valence-electron chi connectivity index (χ3n) is 2.11. The molecule has 0 radical (unpaired) electrons. The van der Waals surface area contributed by atoms with Crippen LogP contribution in [0.1, 0.15) is 19.4 Å². The fourth-order valence-corrected chi connectivity index (χ4v) is 1.36. The number of nitrogens with one attached hydrogen (secondary N) is 1. The van der Waals surface area contributed by atoms with Gasteiger partial charge < -0.3 is 15.2 Å². The first-order valence-corrected chi connectivity index (χ1v) is 5.75. The highest BCUT2D eigenvalue weighted by molar-refractivity contribution is 5.26. The lowest BCUT2D eigenvalue weighted by molar-refractivity contribution is 0.111. The number of rotatable bonds is 7. The highest BCUT2D eigenvalue weighted by Crippen LogP contribution is 2.10. The largest absolute Gasteiger partial charge is 0.508 e. The first kappa shape index (κ1) is 13.0. The minimum absolute atomic E-state index is 0.315. The second kappa shape index (κ2) is 7.25. The molecule has 3 heteroatoms. The molecular weight excluding hydrogens is 202 g/mol. The highest BCUT2D eigenvalue weighted by Gasteiger charge is 1.95. The Morgan fingerprint density at radius 1 is 1.38 bits per heavy atom. The van der Waals surface area contributed by atoms with Crippen molar-refractivity contribution in [1.29, 1.82) is 0 Å². The second-order valence-corrected chi connectivity index (χ2v) is 4.32. The van der Waals surface area contributed by atoms with Gasteiger partial charge in [0.05, 0.1) is 6.61 Å². The number of aromatic hydroxyl groups is 1. The molecule has 0 aliphatic rings. The summed E-state index contributed by atoms with van der Waals surface area (Å²) >= 11 is 0. The summed E-state index contributed by atoms with van der Waals surface area (Å²) in [4.78, 5) is 0. The van der Waals surface area contributed by atoms with Crippen molar-refractivity contribution in [3.63, 3.8) is 0 Å². The number of benzene rings is 1. The Hall–Kier alpha value is -1.06. The molecule has 0 bridgehead atoms. The third-order valence-corrected chi connectivity index (χ3v) is 2.11. The molecule has 0 aromatic heterocycles. The summed E-state index contributed by atoms with van der Waals surface area (Å²) in [5.74, 6) is 0.904. The van der Waals surface area contributed by atoms with E-state index < -0.39 is 0 Å². The number of hydrogen-bond acceptors (Lipinski definition) is 3. The van der Waals surface area contributed by atoms with Crippen LogP contribution in [0.15, 0.2) is 24.3 Å².